The molecule has 8 heteroatoms. The number of carbonyl (C=O) groups excluding carboxylic acids is 2. The van der Waals surface area contributed by atoms with E-state index in [9.17, 15) is 14.0 Å². The van der Waals surface area contributed by atoms with Crippen LogP contribution in [0.4, 0.5) is 4.39 Å². The number of nitrogens with zero attached hydrogens (tertiary/aromatic N) is 3. The Morgan fingerprint density at radius 1 is 1.17 bits per heavy atom. The third kappa shape index (κ3) is 3.72. The summed E-state index contributed by atoms with van der Waals surface area (Å²) in [6.07, 6.45) is 4.28. The Morgan fingerprint density at radius 2 is 1.90 bits per heavy atom. The second kappa shape index (κ2) is 8.14. The molecule has 1 aliphatic heterocycles. The molecule has 30 heavy (non-hydrogen) atoms. The molecule has 2 aromatic heterocycles. The minimum Gasteiger partial charge on any atom is -0.459 e. The zero-order chi connectivity index (χ0) is 21.3. The summed E-state index contributed by atoms with van der Waals surface area (Å²) in [5.74, 6) is -0.443. The molecule has 3 aromatic rings. The van der Waals surface area contributed by atoms with Crippen molar-refractivity contribution in [3.8, 4) is 5.69 Å². The summed E-state index contributed by atoms with van der Waals surface area (Å²) in [6.45, 7) is 4.62. The van der Waals surface area contributed by atoms with E-state index in [-0.39, 0.29) is 17.9 Å². The number of carbonyl (C=O) groups is 2. The minimum absolute atomic E-state index is 0.0201. The SMILES string of the molecule is Cc1ccoc1C(=O)NC1CCN(C(=O)c2cnn(-c3ccccc3F)c2C)CC1. The van der Waals surface area contributed by atoms with Crippen molar-refractivity contribution in [1.82, 2.24) is 20.0 Å². The summed E-state index contributed by atoms with van der Waals surface area (Å²) in [5, 5.41) is 7.19. The molecule has 1 aromatic carbocycles. The fourth-order valence-electron chi connectivity index (χ4n) is 3.74. The van der Waals surface area contributed by atoms with Gasteiger partial charge in [-0.1, -0.05) is 12.1 Å². The van der Waals surface area contributed by atoms with Gasteiger partial charge in [-0.05, 0) is 44.9 Å². The topological polar surface area (TPSA) is 80.4 Å². The van der Waals surface area contributed by atoms with E-state index >= 15 is 0 Å². The Hall–Kier alpha value is -3.42. The number of rotatable bonds is 4. The smallest absolute Gasteiger partial charge is 0.287 e. The number of amides is 2. The number of benzene rings is 1. The van der Waals surface area contributed by atoms with Crippen LogP contribution < -0.4 is 5.32 Å². The van der Waals surface area contributed by atoms with Crippen LogP contribution in [0.1, 0.15) is 45.0 Å². The molecule has 156 valence electrons. The van der Waals surface area contributed by atoms with Gasteiger partial charge in [-0.15, -0.1) is 0 Å². The van der Waals surface area contributed by atoms with E-state index < -0.39 is 5.82 Å². The average molecular weight is 410 g/mol. The molecule has 3 heterocycles. The van der Waals surface area contributed by atoms with Crippen LogP contribution >= 0.6 is 0 Å². The van der Waals surface area contributed by atoms with Crippen LogP contribution in [0.2, 0.25) is 0 Å². The third-order valence-corrected chi connectivity index (χ3v) is 5.51. The van der Waals surface area contributed by atoms with Crippen molar-refractivity contribution in [1.29, 1.82) is 0 Å². The standard InChI is InChI=1S/C22H23FN4O3/c1-14-9-12-30-20(14)21(28)25-16-7-10-26(11-8-16)22(29)17-13-24-27(15(17)2)19-6-4-3-5-18(19)23/h3-6,9,12-13,16H,7-8,10-11H2,1-2H3,(H,25,28). The highest BCUT2D eigenvalue weighted by Crippen LogP contribution is 2.20. The Morgan fingerprint density at radius 3 is 2.57 bits per heavy atom. The number of halogens is 1. The first-order valence-corrected chi connectivity index (χ1v) is 9.89. The Kier molecular flexibility index (Phi) is 5.39. The fraction of sp³-hybridized carbons (Fsp3) is 0.318. The van der Waals surface area contributed by atoms with Crippen LogP contribution in [-0.4, -0.2) is 45.6 Å². The summed E-state index contributed by atoms with van der Waals surface area (Å²) < 4.78 is 20.8. The molecule has 1 aliphatic rings. The number of nitrogens with one attached hydrogen (secondary N) is 1. The second-order valence-corrected chi connectivity index (χ2v) is 7.48. The number of hydrogen-bond acceptors (Lipinski definition) is 4. The van der Waals surface area contributed by atoms with E-state index in [0.717, 1.165) is 5.56 Å². The molecule has 0 unspecified atom stereocenters. The van der Waals surface area contributed by atoms with Crippen LogP contribution in [0.25, 0.3) is 5.69 Å². The number of likely N-dealkylation sites (tertiary alicyclic amines) is 1. The Bertz CT molecular complexity index is 1080. The van der Waals surface area contributed by atoms with E-state index in [1.54, 1.807) is 36.1 Å². The lowest BCUT2D eigenvalue weighted by Crippen LogP contribution is -2.46. The first-order chi connectivity index (χ1) is 14.5. The molecule has 0 radical (unpaired) electrons. The lowest BCUT2D eigenvalue weighted by Gasteiger charge is -2.32. The van der Waals surface area contributed by atoms with E-state index in [4.69, 9.17) is 4.42 Å². The molecule has 0 bridgehead atoms. The van der Waals surface area contributed by atoms with Gasteiger partial charge in [0.1, 0.15) is 11.5 Å². The van der Waals surface area contributed by atoms with Gasteiger partial charge in [-0.2, -0.15) is 5.10 Å². The summed E-state index contributed by atoms with van der Waals surface area (Å²) in [6, 6.07) is 8.05. The van der Waals surface area contributed by atoms with E-state index in [2.05, 4.69) is 10.4 Å². The summed E-state index contributed by atoms with van der Waals surface area (Å²) in [4.78, 5) is 27.0. The number of furan rings is 1. The van der Waals surface area contributed by atoms with Gasteiger partial charge >= 0.3 is 0 Å². The highest BCUT2D eigenvalue weighted by Gasteiger charge is 2.28. The highest BCUT2D eigenvalue weighted by atomic mass is 19.1. The van der Waals surface area contributed by atoms with Crippen molar-refractivity contribution < 1.29 is 18.4 Å². The van der Waals surface area contributed by atoms with Crippen molar-refractivity contribution in [2.75, 3.05) is 13.1 Å². The lowest BCUT2D eigenvalue weighted by molar-refractivity contribution is 0.0695. The normalized spacial score (nSPS) is 14.7. The predicted molar refractivity (Wildman–Crippen MR) is 108 cm³/mol. The van der Waals surface area contributed by atoms with Gasteiger partial charge < -0.3 is 14.6 Å². The number of para-hydroxylation sites is 1. The number of piperidine rings is 1. The molecule has 1 saturated heterocycles. The van der Waals surface area contributed by atoms with Gasteiger partial charge in [-0.25, -0.2) is 9.07 Å². The second-order valence-electron chi connectivity index (χ2n) is 7.48. The van der Waals surface area contributed by atoms with Crippen LogP contribution in [0, 0.1) is 19.7 Å². The molecular weight excluding hydrogens is 387 g/mol. The van der Waals surface area contributed by atoms with Crippen LogP contribution in [0.5, 0.6) is 0 Å². The Balaban J connectivity index is 1.40. The molecule has 1 fully saturated rings. The van der Waals surface area contributed by atoms with Gasteiger partial charge in [0.25, 0.3) is 11.8 Å². The van der Waals surface area contributed by atoms with Crippen molar-refractivity contribution in [3.05, 3.63) is 71.2 Å². The van der Waals surface area contributed by atoms with Crippen molar-refractivity contribution in [3.63, 3.8) is 0 Å². The van der Waals surface area contributed by atoms with Crippen molar-refractivity contribution in [2.45, 2.75) is 32.7 Å². The van der Waals surface area contributed by atoms with E-state index in [1.807, 2.05) is 6.92 Å². The lowest BCUT2D eigenvalue weighted by atomic mass is 10.0. The molecule has 0 spiro atoms. The van der Waals surface area contributed by atoms with Crippen LogP contribution in [-0.2, 0) is 0 Å². The molecule has 4 rings (SSSR count). The highest BCUT2D eigenvalue weighted by molar-refractivity contribution is 5.95. The van der Waals surface area contributed by atoms with Gasteiger partial charge in [0.15, 0.2) is 5.76 Å². The number of aromatic nitrogens is 2. The van der Waals surface area contributed by atoms with Gasteiger partial charge in [0.05, 0.1) is 23.7 Å². The van der Waals surface area contributed by atoms with E-state index in [1.165, 1.54) is 23.2 Å². The maximum atomic E-state index is 14.1. The maximum Gasteiger partial charge on any atom is 0.287 e. The first-order valence-electron chi connectivity index (χ1n) is 9.89. The number of hydrogen-bond donors (Lipinski definition) is 1. The monoisotopic (exact) mass is 410 g/mol. The molecule has 2 amide bonds. The molecular formula is C22H23FN4O3. The Labute approximate surface area is 173 Å². The van der Waals surface area contributed by atoms with Crippen LogP contribution in [0.15, 0.2) is 47.2 Å². The summed E-state index contributed by atoms with van der Waals surface area (Å²) >= 11 is 0. The molecule has 0 atom stereocenters. The summed E-state index contributed by atoms with van der Waals surface area (Å²) in [5.41, 5.74) is 2.15. The molecule has 0 saturated carbocycles. The zero-order valence-electron chi connectivity index (χ0n) is 16.9. The predicted octanol–water partition coefficient (Wildman–Crippen LogP) is 3.26. The van der Waals surface area contributed by atoms with Crippen molar-refractivity contribution >= 4 is 11.8 Å². The molecule has 0 aliphatic carbocycles. The maximum absolute atomic E-state index is 14.1. The van der Waals surface area contributed by atoms with Gasteiger partial charge in [-0.3, -0.25) is 9.59 Å². The minimum atomic E-state index is -0.397. The van der Waals surface area contributed by atoms with Gasteiger partial charge in [0.2, 0.25) is 0 Å². The van der Waals surface area contributed by atoms with Crippen molar-refractivity contribution in [2.24, 2.45) is 0 Å². The fourth-order valence-corrected chi connectivity index (χ4v) is 3.74. The first kappa shape index (κ1) is 19.9. The quantitative estimate of drug-likeness (QED) is 0.716. The van der Waals surface area contributed by atoms with Gasteiger partial charge in [0, 0.05) is 24.7 Å². The molecule has 7 nitrogen and oxygen atoms in total. The third-order valence-electron chi connectivity index (χ3n) is 5.51. The molecule has 1 N–H and O–H groups in total. The summed E-state index contributed by atoms with van der Waals surface area (Å²) in [7, 11) is 0. The van der Waals surface area contributed by atoms with E-state index in [0.29, 0.717) is 48.6 Å². The number of aryl methyl sites for hydroxylation is 1. The zero-order valence-corrected chi connectivity index (χ0v) is 16.9. The average Bonchev–Trinajstić information content (AvgIpc) is 3.34. The van der Waals surface area contributed by atoms with Crippen LogP contribution in [0.3, 0.4) is 0 Å². The largest absolute Gasteiger partial charge is 0.459 e.